The van der Waals surface area contributed by atoms with Crippen LogP contribution in [0.2, 0.25) is 0 Å². The van der Waals surface area contributed by atoms with E-state index < -0.39 is 0 Å². The molecule has 5 heteroatoms. The highest BCUT2D eigenvalue weighted by atomic mass is 35.5. The number of anilines is 1. The van der Waals surface area contributed by atoms with Gasteiger partial charge in [-0.15, -0.1) is 12.4 Å². The first kappa shape index (κ1) is 15.4. The fourth-order valence-corrected chi connectivity index (χ4v) is 1.86. The lowest BCUT2D eigenvalue weighted by atomic mass is 10.1. The molecule has 0 spiro atoms. The number of rotatable bonds is 4. The Morgan fingerprint density at radius 3 is 2.26 bits per heavy atom. The van der Waals surface area contributed by atoms with Crippen molar-refractivity contribution in [3.8, 4) is 11.3 Å². The molecule has 4 nitrogen and oxygen atoms in total. The summed E-state index contributed by atoms with van der Waals surface area (Å²) in [5, 5.41) is 0. The van der Waals surface area contributed by atoms with E-state index in [2.05, 4.69) is 34.2 Å². The van der Waals surface area contributed by atoms with Crippen LogP contribution in [0.1, 0.15) is 5.56 Å². The van der Waals surface area contributed by atoms with Crippen LogP contribution in [-0.4, -0.2) is 30.6 Å². The molecule has 102 valence electrons. The highest BCUT2D eigenvalue weighted by Crippen LogP contribution is 2.25. The molecule has 1 aromatic carbocycles. The minimum Gasteiger partial charge on any atom is -0.361 e. The van der Waals surface area contributed by atoms with Gasteiger partial charge in [0.15, 0.2) is 5.82 Å². The van der Waals surface area contributed by atoms with Gasteiger partial charge in [-0.1, -0.05) is 24.3 Å². The Balaban J connectivity index is 0.00000180. The molecule has 0 unspecified atom stereocenters. The number of nitrogens with two attached hydrogens (primary N) is 1. The van der Waals surface area contributed by atoms with Crippen LogP contribution in [0.4, 0.5) is 5.82 Å². The van der Waals surface area contributed by atoms with E-state index in [0.717, 1.165) is 23.5 Å². The van der Waals surface area contributed by atoms with Gasteiger partial charge in [-0.25, -0.2) is 4.98 Å². The lowest BCUT2D eigenvalue weighted by Crippen LogP contribution is -2.12. The zero-order valence-corrected chi connectivity index (χ0v) is 12.0. The SMILES string of the molecule is CN(C)c1nccnc1-c1ccc(CCN)cc1.Cl. The minimum absolute atomic E-state index is 0. The maximum Gasteiger partial charge on any atom is 0.154 e. The lowest BCUT2D eigenvalue weighted by Gasteiger charge is -2.14. The smallest absolute Gasteiger partial charge is 0.154 e. The monoisotopic (exact) mass is 278 g/mol. The van der Waals surface area contributed by atoms with Crippen molar-refractivity contribution < 1.29 is 0 Å². The van der Waals surface area contributed by atoms with E-state index in [9.17, 15) is 0 Å². The number of benzene rings is 1. The van der Waals surface area contributed by atoms with E-state index in [4.69, 9.17) is 5.73 Å². The molecule has 2 aromatic rings. The molecule has 19 heavy (non-hydrogen) atoms. The second kappa shape index (κ2) is 7.07. The van der Waals surface area contributed by atoms with Gasteiger partial charge in [-0.05, 0) is 18.5 Å². The van der Waals surface area contributed by atoms with Gasteiger partial charge in [0.25, 0.3) is 0 Å². The summed E-state index contributed by atoms with van der Waals surface area (Å²) in [6, 6.07) is 8.33. The molecule has 0 aliphatic heterocycles. The largest absolute Gasteiger partial charge is 0.361 e. The van der Waals surface area contributed by atoms with Gasteiger partial charge in [0, 0.05) is 32.1 Å². The summed E-state index contributed by atoms with van der Waals surface area (Å²) in [7, 11) is 3.94. The summed E-state index contributed by atoms with van der Waals surface area (Å²) in [5.74, 6) is 0.879. The van der Waals surface area contributed by atoms with Crippen molar-refractivity contribution in [3.63, 3.8) is 0 Å². The van der Waals surface area contributed by atoms with Crippen LogP contribution in [0.25, 0.3) is 11.3 Å². The molecule has 0 radical (unpaired) electrons. The maximum absolute atomic E-state index is 5.54. The maximum atomic E-state index is 5.54. The third-order valence-electron chi connectivity index (χ3n) is 2.76. The Labute approximate surface area is 120 Å². The fourth-order valence-electron chi connectivity index (χ4n) is 1.86. The van der Waals surface area contributed by atoms with Crippen molar-refractivity contribution in [1.82, 2.24) is 9.97 Å². The topological polar surface area (TPSA) is 55.0 Å². The first-order valence-electron chi connectivity index (χ1n) is 6.00. The van der Waals surface area contributed by atoms with Gasteiger partial charge >= 0.3 is 0 Å². The number of hydrogen-bond acceptors (Lipinski definition) is 4. The number of nitrogens with zero attached hydrogens (tertiary/aromatic N) is 3. The highest BCUT2D eigenvalue weighted by Gasteiger charge is 2.09. The van der Waals surface area contributed by atoms with Gasteiger partial charge in [-0.3, -0.25) is 4.98 Å². The van der Waals surface area contributed by atoms with E-state index in [1.165, 1.54) is 5.56 Å². The number of aromatic nitrogens is 2. The van der Waals surface area contributed by atoms with Crippen molar-refractivity contribution in [2.24, 2.45) is 5.73 Å². The van der Waals surface area contributed by atoms with Gasteiger partial charge in [0.1, 0.15) is 5.69 Å². The van der Waals surface area contributed by atoms with Crippen molar-refractivity contribution in [3.05, 3.63) is 42.2 Å². The molecule has 0 fully saturated rings. The molecule has 0 aliphatic carbocycles. The molecule has 0 atom stereocenters. The van der Waals surface area contributed by atoms with Crippen molar-refractivity contribution in [2.75, 3.05) is 25.5 Å². The van der Waals surface area contributed by atoms with Crippen LogP contribution in [0.15, 0.2) is 36.7 Å². The van der Waals surface area contributed by atoms with E-state index >= 15 is 0 Å². The normalized spacial score (nSPS) is 9.84. The van der Waals surface area contributed by atoms with E-state index in [1.807, 2.05) is 19.0 Å². The van der Waals surface area contributed by atoms with E-state index in [1.54, 1.807) is 12.4 Å². The van der Waals surface area contributed by atoms with Crippen molar-refractivity contribution in [1.29, 1.82) is 0 Å². The Morgan fingerprint density at radius 1 is 1.05 bits per heavy atom. The van der Waals surface area contributed by atoms with E-state index in [-0.39, 0.29) is 12.4 Å². The van der Waals surface area contributed by atoms with Gasteiger partial charge in [0.2, 0.25) is 0 Å². The Bertz CT molecular complexity index is 511. The minimum atomic E-state index is 0. The molecule has 2 rings (SSSR count). The second-order valence-electron chi connectivity index (χ2n) is 4.36. The van der Waals surface area contributed by atoms with Crippen LogP contribution in [0, 0.1) is 0 Å². The Kier molecular flexibility index (Phi) is 5.73. The first-order chi connectivity index (χ1) is 8.72. The Morgan fingerprint density at radius 2 is 1.68 bits per heavy atom. The summed E-state index contributed by atoms with van der Waals surface area (Å²) >= 11 is 0. The van der Waals surface area contributed by atoms with Crippen molar-refractivity contribution in [2.45, 2.75) is 6.42 Å². The summed E-state index contributed by atoms with van der Waals surface area (Å²) in [6.45, 7) is 0.674. The molecule has 0 bridgehead atoms. The fraction of sp³-hybridized carbons (Fsp3) is 0.286. The number of halogens is 1. The van der Waals surface area contributed by atoms with E-state index in [0.29, 0.717) is 6.54 Å². The van der Waals surface area contributed by atoms with Crippen LogP contribution in [0.5, 0.6) is 0 Å². The van der Waals surface area contributed by atoms with Gasteiger partial charge in [-0.2, -0.15) is 0 Å². The summed E-state index contributed by atoms with van der Waals surface area (Å²) in [6.07, 6.45) is 4.33. The summed E-state index contributed by atoms with van der Waals surface area (Å²) < 4.78 is 0. The summed E-state index contributed by atoms with van der Waals surface area (Å²) in [4.78, 5) is 10.7. The molecule has 0 aliphatic rings. The average molecular weight is 279 g/mol. The Hall–Kier alpha value is -1.65. The highest BCUT2D eigenvalue weighted by molar-refractivity contribution is 5.85. The zero-order valence-electron chi connectivity index (χ0n) is 11.2. The third kappa shape index (κ3) is 3.66. The predicted octanol–water partition coefficient (Wildman–Crippen LogP) is 2.13. The van der Waals surface area contributed by atoms with Crippen LogP contribution in [-0.2, 0) is 6.42 Å². The molecule has 0 saturated carbocycles. The summed E-state index contributed by atoms with van der Waals surface area (Å²) in [5.41, 5.74) is 8.77. The van der Waals surface area contributed by atoms with Crippen LogP contribution < -0.4 is 10.6 Å². The lowest BCUT2D eigenvalue weighted by molar-refractivity contribution is 0.969. The van der Waals surface area contributed by atoms with Crippen LogP contribution >= 0.6 is 12.4 Å². The number of hydrogen-bond donors (Lipinski definition) is 1. The molecule has 1 heterocycles. The van der Waals surface area contributed by atoms with Crippen LogP contribution in [0.3, 0.4) is 0 Å². The predicted molar refractivity (Wildman–Crippen MR) is 81.8 cm³/mol. The molecular formula is C14H19ClN4. The molecule has 0 saturated heterocycles. The molecule has 2 N–H and O–H groups in total. The zero-order chi connectivity index (χ0) is 13.0. The first-order valence-corrected chi connectivity index (χ1v) is 6.00. The van der Waals surface area contributed by atoms with Crippen molar-refractivity contribution >= 4 is 18.2 Å². The second-order valence-corrected chi connectivity index (χ2v) is 4.36. The quantitative estimate of drug-likeness (QED) is 0.931. The molecule has 0 amide bonds. The standard InChI is InChI=1S/C14H18N4.ClH/c1-18(2)14-13(16-9-10-17-14)12-5-3-11(4-6-12)7-8-15;/h3-6,9-10H,7-8,15H2,1-2H3;1H. The average Bonchev–Trinajstić information content (AvgIpc) is 2.40. The molecule has 1 aromatic heterocycles. The van der Waals surface area contributed by atoms with Gasteiger partial charge in [0.05, 0.1) is 0 Å². The van der Waals surface area contributed by atoms with Gasteiger partial charge < -0.3 is 10.6 Å². The molecular weight excluding hydrogens is 260 g/mol. The third-order valence-corrected chi connectivity index (χ3v) is 2.76.